The lowest BCUT2D eigenvalue weighted by Gasteiger charge is -2.31. The molecule has 4 heteroatoms. The average Bonchev–Trinajstić information content (AvgIpc) is 2.94. The predicted molar refractivity (Wildman–Crippen MR) is 78.1 cm³/mol. The van der Waals surface area contributed by atoms with Gasteiger partial charge in [0.05, 0.1) is 5.54 Å². The minimum absolute atomic E-state index is 0.0456. The zero-order valence-electron chi connectivity index (χ0n) is 11.6. The molecule has 0 unspecified atom stereocenters. The number of aromatic nitrogens is 1. The average molecular weight is 267 g/mol. The van der Waals surface area contributed by atoms with Gasteiger partial charge in [0.1, 0.15) is 5.01 Å². The first kappa shape index (κ1) is 14.0. The summed E-state index contributed by atoms with van der Waals surface area (Å²) in [5.74, 6) is 0. The molecule has 2 rings (SSSR count). The molecular formula is C14H25N3S. The smallest absolute Gasteiger partial charge is 0.112 e. The molecule has 0 spiro atoms. The standard InChI is InChI=1S/C14H25N3S/c1-3-14(2,13-15-8-12-18-13)16-7-11-17-9-5-4-6-10-17/h8,12,16H,3-7,9-11H2,1-2H3/t14-/m1/s1. The summed E-state index contributed by atoms with van der Waals surface area (Å²) < 4.78 is 0. The van der Waals surface area contributed by atoms with Crippen LogP contribution in [0.2, 0.25) is 0 Å². The normalized spacial score (nSPS) is 20.8. The second kappa shape index (κ2) is 6.64. The van der Waals surface area contributed by atoms with Crippen molar-refractivity contribution in [2.75, 3.05) is 26.2 Å². The number of nitrogens with one attached hydrogen (secondary N) is 1. The highest BCUT2D eigenvalue weighted by Gasteiger charge is 2.26. The molecule has 102 valence electrons. The largest absolute Gasteiger partial charge is 0.304 e. The highest BCUT2D eigenvalue weighted by molar-refractivity contribution is 7.09. The van der Waals surface area contributed by atoms with Gasteiger partial charge in [-0.15, -0.1) is 11.3 Å². The molecule has 0 aliphatic carbocycles. The Morgan fingerprint density at radius 1 is 1.39 bits per heavy atom. The maximum Gasteiger partial charge on any atom is 0.112 e. The first-order valence-electron chi connectivity index (χ1n) is 7.12. The zero-order valence-corrected chi connectivity index (χ0v) is 12.4. The van der Waals surface area contributed by atoms with Crippen LogP contribution in [0.1, 0.15) is 44.5 Å². The first-order chi connectivity index (χ1) is 8.74. The van der Waals surface area contributed by atoms with Gasteiger partial charge in [-0.05, 0) is 39.3 Å². The summed E-state index contributed by atoms with van der Waals surface area (Å²) in [6.07, 6.45) is 7.14. The van der Waals surface area contributed by atoms with Gasteiger partial charge in [-0.2, -0.15) is 0 Å². The Bertz CT molecular complexity index is 333. The van der Waals surface area contributed by atoms with Gasteiger partial charge in [-0.3, -0.25) is 0 Å². The number of thiazole rings is 1. The van der Waals surface area contributed by atoms with Crippen molar-refractivity contribution in [1.29, 1.82) is 0 Å². The fourth-order valence-corrected chi connectivity index (χ4v) is 3.37. The highest BCUT2D eigenvalue weighted by atomic mass is 32.1. The first-order valence-corrected chi connectivity index (χ1v) is 8.00. The third-order valence-corrected chi connectivity index (χ3v) is 5.04. The van der Waals surface area contributed by atoms with E-state index in [2.05, 4.69) is 34.4 Å². The maximum atomic E-state index is 4.47. The van der Waals surface area contributed by atoms with Crippen LogP contribution >= 0.6 is 11.3 Å². The molecule has 0 aromatic carbocycles. The molecule has 18 heavy (non-hydrogen) atoms. The second-order valence-electron chi connectivity index (χ2n) is 5.35. The van der Waals surface area contributed by atoms with E-state index in [-0.39, 0.29) is 5.54 Å². The van der Waals surface area contributed by atoms with Crippen LogP contribution in [0.3, 0.4) is 0 Å². The molecular weight excluding hydrogens is 242 g/mol. The van der Waals surface area contributed by atoms with Crippen LogP contribution in [0.15, 0.2) is 11.6 Å². The molecule has 0 radical (unpaired) electrons. The van der Waals surface area contributed by atoms with Crippen LogP contribution < -0.4 is 5.32 Å². The maximum absolute atomic E-state index is 4.47. The van der Waals surface area contributed by atoms with Crippen LogP contribution in [-0.2, 0) is 5.54 Å². The highest BCUT2D eigenvalue weighted by Crippen LogP contribution is 2.25. The Labute approximate surface area is 115 Å². The van der Waals surface area contributed by atoms with E-state index in [0.717, 1.165) is 13.0 Å². The SMILES string of the molecule is CC[C@@](C)(NCCN1CCCCC1)c1nccs1. The van der Waals surface area contributed by atoms with E-state index in [9.17, 15) is 0 Å². The number of rotatable bonds is 6. The molecule has 1 fully saturated rings. The van der Waals surface area contributed by atoms with Crippen LogP contribution in [0.25, 0.3) is 0 Å². The number of nitrogens with zero attached hydrogens (tertiary/aromatic N) is 2. The number of piperidine rings is 1. The van der Waals surface area contributed by atoms with Gasteiger partial charge in [0.2, 0.25) is 0 Å². The van der Waals surface area contributed by atoms with Crippen LogP contribution in [0.5, 0.6) is 0 Å². The van der Waals surface area contributed by atoms with Crippen molar-refractivity contribution in [2.45, 2.75) is 45.1 Å². The van der Waals surface area contributed by atoms with E-state index in [0.29, 0.717) is 0 Å². The van der Waals surface area contributed by atoms with Crippen molar-refractivity contribution in [1.82, 2.24) is 15.2 Å². The number of hydrogen-bond acceptors (Lipinski definition) is 4. The Morgan fingerprint density at radius 3 is 2.78 bits per heavy atom. The van der Waals surface area contributed by atoms with Gasteiger partial charge in [0, 0.05) is 24.7 Å². The molecule has 1 N–H and O–H groups in total. The Balaban J connectivity index is 1.80. The molecule has 3 nitrogen and oxygen atoms in total. The van der Waals surface area contributed by atoms with Crippen molar-refractivity contribution < 1.29 is 0 Å². The topological polar surface area (TPSA) is 28.2 Å². The Kier molecular flexibility index (Phi) is 5.15. The molecule has 1 aromatic heterocycles. The summed E-state index contributed by atoms with van der Waals surface area (Å²) in [5.41, 5.74) is 0.0456. The van der Waals surface area contributed by atoms with Crippen LogP contribution in [0.4, 0.5) is 0 Å². The minimum atomic E-state index is 0.0456. The summed E-state index contributed by atoms with van der Waals surface area (Å²) in [6.45, 7) is 9.28. The van der Waals surface area contributed by atoms with Crippen molar-refractivity contribution in [2.24, 2.45) is 0 Å². The minimum Gasteiger partial charge on any atom is -0.304 e. The van der Waals surface area contributed by atoms with Gasteiger partial charge < -0.3 is 10.2 Å². The molecule has 2 heterocycles. The van der Waals surface area contributed by atoms with Crippen molar-refractivity contribution in [3.05, 3.63) is 16.6 Å². The quantitative estimate of drug-likeness (QED) is 0.859. The fourth-order valence-electron chi connectivity index (χ4n) is 2.52. The lowest BCUT2D eigenvalue weighted by atomic mass is 10.00. The fraction of sp³-hybridized carbons (Fsp3) is 0.786. The van der Waals surface area contributed by atoms with E-state index in [1.807, 2.05) is 6.20 Å². The van der Waals surface area contributed by atoms with Crippen LogP contribution in [0, 0.1) is 0 Å². The molecule has 1 atom stereocenters. The van der Waals surface area contributed by atoms with Crippen molar-refractivity contribution >= 4 is 11.3 Å². The zero-order chi connectivity index (χ0) is 12.8. The summed E-state index contributed by atoms with van der Waals surface area (Å²) in [6, 6.07) is 0. The Hall–Kier alpha value is -0.450. The molecule has 1 aliphatic rings. The lowest BCUT2D eigenvalue weighted by molar-refractivity contribution is 0.216. The summed E-state index contributed by atoms with van der Waals surface area (Å²) >= 11 is 1.75. The van der Waals surface area contributed by atoms with Gasteiger partial charge in [-0.1, -0.05) is 13.3 Å². The van der Waals surface area contributed by atoms with Crippen molar-refractivity contribution in [3.8, 4) is 0 Å². The predicted octanol–water partition coefficient (Wildman–Crippen LogP) is 2.84. The molecule has 1 aliphatic heterocycles. The summed E-state index contributed by atoms with van der Waals surface area (Å²) in [7, 11) is 0. The number of likely N-dealkylation sites (tertiary alicyclic amines) is 1. The van der Waals surface area contributed by atoms with Gasteiger partial charge in [0.25, 0.3) is 0 Å². The van der Waals surface area contributed by atoms with Gasteiger partial charge >= 0.3 is 0 Å². The van der Waals surface area contributed by atoms with E-state index < -0.39 is 0 Å². The Morgan fingerprint density at radius 2 is 2.17 bits per heavy atom. The molecule has 1 aromatic rings. The van der Waals surface area contributed by atoms with Gasteiger partial charge in [-0.25, -0.2) is 4.98 Å². The van der Waals surface area contributed by atoms with E-state index >= 15 is 0 Å². The summed E-state index contributed by atoms with van der Waals surface area (Å²) in [4.78, 5) is 7.04. The number of hydrogen-bond donors (Lipinski definition) is 1. The third kappa shape index (κ3) is 3.53. The second-order valence-corrected chi connectivity index (χ2v) is 6.25. The molecule has 1 saturated heterocycles. The van der Waals surface area contributed by atoms with Gasteiger partial charge in [0.15, 0.2) is 0 Å². The summed E-state index contributed by atoms with van der Waals surface area (Å²) in [5, 5.41) is 6.98. The molecule has 0 amide bonds. The monoisotopic (exact) mass is 267 g/mol. The lowest BCUT2D eigenvalue weighted by Crippen LogP contribution is -2.44. The van der Waals surface area contributed by atoms with E-state index in [4.69, 9.17) is 0 Å². The third-order valence-electron chi connectivity index (χ3n) is 4.00. The molecule has 0 bridgehead atoms. The van der Waals surface area contributed by atoms with Crippen molar-refractivity contribution in [3.63, 3.8) is 0 Å². The van der Waals surface area contributed by atoms with E-state index in [1.54, 1.807) is 11.3 Å². The van der Waals surface area contributed by atoms with Crippen LogP contribution in [-0.4, -0.2) is 36.1 Å². The van der Waals surface area contributed by atoms with E-state index in [1.165, 1.54) is 43.9 Å². The molecule has 0 saturated carbocycles.